The highest BCUT2D eigenvalue weighted by Crippen LogP contribution is 2.33. The molecule has 0 radical (unpaired) electrons. The minimum Gasteiger partial charge on any atom is -0.489 e. The largest absolute Gasteiger partial charge is 0.489 e. The maximum absolute atomic E-state index is 11.8. The van der Waals surface area contributed by atoms with Gasteiger partial charge in [0.1, 0.15) is 12.4 Å². The van der Waals surface area contributed by atoms with Crippen molar-refractivity contribution in [3.8, 4) is 11.5 Å². The summed E-state index contributed by atoms with van der Waals surface area (Å²) in [7, 11) is 0. The normalized spacial score (nSPS) is 10.8. The summed E-state index contributed by atoms with van der Waals surface area (Å²) < 4.78 is 11.4. The van der Waals surface area contributed by atoms with E-state index in [9.17, 15) is 4.79 Å². The Labute approximate surface area is 141 Å². The van der Waals surface area contributed by atoms with Crippen LogP contribution in [0.4, 0.5) is 0 Å². The fraction of sp³-hybridized carbons (Fsp3) is 0.250. The number of nitrogens with one attached hydrogen (secondary N) is 1. The second-order valence-corrected chi connectivity index (χ2v) is 5.78. The quantitative estimate of drug-likeness (QED) is 0.665. The number of H-pyrrole nitrogens is 1. The molecule has 0 aliphatic heterocycles. The van der Waals surface area contributed by atoms with Gasteiger partial charge in [0.15, 0.2) is 5.75 Å². The third kappa shape index (κ3) is 3.59. The van der Waals surface area contributed by atoms with Crippen LogP contribution < -0.4 is 9.47 Å². The summed E-state index contributed by atoms with van der Waals surface area (Å²) in [4.78, 5) is 15.1. The summed E-state index contributed by atoms with van der Waals surface area (Å²) in [6.07, 6.45) is 1.18. The fourth-order valence-corrected chi connectivity index (χ4v) is 2.61. The van der Waals surface area contributed by atoms with Crippen LogP contribution >= 0.6 is 0 Å². The molecule has 0 aliphatic carbocycles. The Bertz CT molecular complexity index is 837. The number of esters is 1. The highest BCUT2D eigenvalue weighted by atomic mass is 16.5. The smallest absolute Gasteiger partial charge is 0.311 e. The van der Waals surface area contributed by atoms with Crippen LogP contribution in [-0.2, 0) is 11.4 Å². The van der Waals surface area contributed by atoms with Crippen LogP contribution in [0.5, 0.6) is 11.5 Å². The van der Waals surface area contributed by atoms with Gasteiger partial charge in [0, 0.05) is 17.3 Å². The van der Waals surface area contributed by atoms with Crippen molar-refractivity contribution < 1.29 is 14.3 Å². The van der Waals surface area contributed by atoms with Gasteiger partial charge in [-0.2, -0.15) is 0 Å². The van der Waals surface area contributed by atoms with Gasteiger partial charge >= 0.3 is 5.97 Å². The van der Waals surface area contributed by atoms with E-state index < -0.39 is 0 Å². The molecule has 0 fully saturated rings. The summed E-state index contributed by atoms with van der Waals surface area (Å²) in [5.74, 6) is 1.13. The Balaban J connectivity index is 1.82. The van der Waals surface area contributed by atoms with Gasteiger partial charge in [0.25, 0.3) is 0 Å². The molecule has 3 rings (SSSR count). The average molecular weight is 323 g/mol. The predicted octanol–water partition coefficient (Wildman–Crippen LogP) is 4.76. The van der Waals surface area contributed by atoms with Crippen molar-refractivity contribution in [2.75, 3.05) is 0 Å². The summed E-state index contributed by atoms with van der Waals surface area (Å²) in [6, 6.07) is 15.8. The van der Waals surface area contributed by atoms with Crippen LogP contribution in [0.25, 0.3) is 10.9 Å². The Morgan fingerprint density at radius 1 is 1.12 bits per heavy atom. The lowest BCUT2D eigenvalue weighted by atomic mass is 10.2. The lowest BCUT2D eigenvalue weighted by molar-refractivity contribution is -0.134. The Hall–Kier alpha value is -2.75. The average Bonchev–Trinajstić information content (AvgIpc) is 2.89. The molecule has 3 aromatic rings. The molecule has 0 saturated carbocycles. The van der Waals surface area contributed by atoms with Gasteiger partial charge < -0.3 is 14.5 Å². The molecule has 24 heavy (non-hydrogen) atoms. The minimum atomic E-state index is -0.211. The zero-order valence-corrected chi connectivity index (χ0v) is 14.0. The zero-order valence-electron chi connectivity index (χ0n) is 14.0. The minimum absolute atomic E-state index is 0.211. The van der Waals surface area contributed by atoms with Crippen molar-refractivity contribution in [1.82, 2.24) is 4.98 Å². The standard InChI is InChI=1S/C20H21NO3/c1-3-7-19(22)24-20-14(2)21-18-11-10-16(12-17(18)20)23-13-15-8-5-4-6-9-15/h4-6,8-12,21H,3,7,13H2,1-2H3. The number of hydrogen-bond acceptors (Lipinski definition) is 3. The molecule has 0 unspecified atom stereocenters. The summed E-state index contributed by atoms with van der Waals surface area (Å²) in [5, 5.41) is 0.863. The number of carbonyl (C=O) groups excluding carboxylic acids is 1. The van der Waals surface area contributed by atoms with E-state index in [0.717, 1.165) is 34.3 Å². The van der Waals surface area contributed by atoms with Crippen LogP contribution in [0.1, 0.15) is 31.0 Å². The molecule has 1 N–H and O–H groups in total. The zero-order chi connectivity index (χ0) is 16.9. The van der Waals surface area contributed by atoms with Gasteiger partial charge in [-0.3, -0.25) is 4.79 Å². The van der Waals surface area contributed by atoms with Crippen LogP contribution in [0.15, 0.2) is 48.5 Å². The molecule has 124 valence electrons. The highest BCUT2D eigenvalue weighted by Gasteiger charge is 2.14. The Morgan fingerprint density at radius 3 is 2.67 bits per heavy atom. The molecule has 0 spiro atoms. The number of aromatic nitrogens is 1. The van der Waals surface area contributed by atoms with Crippen LogP contribution in [0.3, 0.4) is 0 Å². The lowest BCUT2D eigenvalue weighted by Crippen LogP contribution is -2.07. The van der Waals surface area contributed by atoms with E-state index in [1.165, 1.54) is 0 Å². The number of aromatic amines is 1. The number of aryl methyl sites for hydroxylation is 1. The van der Waals surface area contributed by atoms with E-state index in [2.05, 4.69) is 4.98 Å². The van der Waals surface area contributed by atoms with Gasteiger partial charge in [-0.15, -0.1) is 0 Å². The lowest BCUT2D eigenvalue weighted by Gasteiger charge is -2.07. The third-order valence-corrected chi connectivity index (χ3v) is 3.82. The maximum atomic E-state index is 11.8. The number of hydrogen-bond donors (Lipinski definition) is 1. The molecule has 0 amide bonds. The molecule has 4 nitrogen and oxygen atoms in total. The van der Waals surface area contributed by atoms with Crippen LogP contribution in [0, 0.1) is 6.92 Å². The molecule has 0 atom stereocenters. The molecule has 2 aromatic carbocycles. The van der Waals surface area contributed by atoms with Gasteiger partial charge in [0.05, 0.1) is 5.69 Å². The number of rotatable bonds is 6. The predicted molar refractivity (Wildman–Crippen MR) is 94.4 cm³/mol. The summed E-state index contributed by atoms with van der Waals surface area (Å²) >= 11 is 0. The number of benzene rings is 2. The SMILES string of the molecule is CCCC(=O)Oc1c(C)[nH]c2ccc(OCc3ccccc3)cc12. The first-order valence-corrected chi connectivity index (χ1v) is 8.17. The van der Waals surface area contributed by atoms with E-state index in [-0.39, 0.29) is 5.97 Å². The van der Waals surface area contributed by atoms with E-state index in [4.69, 9.17) is 9.47 Å². The molecule has 1 heterocycles. The monoisotopic (exact) mass is 323 g/mol. The van der Waals surface area contributed by atoms with Crippen molar-refractivity contribution in [1.29, 1.82) is 0 Å². The van der Waals surface area contributed by atoms with Crippen molar-refractivity contribution in [3.05, 3.63) is 59.8 Å². The molecular formula is C20H21NO3. The fourth-order valence-electron chi connectivity index (χ4n) is 2.61. The first-order valence-electron chi connectivity index (χ1n) is 8.17. The topological polar surface area (TPSA) is 51.3 Å². The second kappa shape index (κ2) is 7.21. The second-order valence-electron chi connectivity index (χ2n) is 5.78. The van der Waals surface area contributed by atoms with Crippen molar-refractivity contribution in [2.24, 2.45) is 0 Å². The van der Waals surface area contributed by atoms with E-state index in [1.54, 1.807) is 0 Å². The third-order valence-electron chi connectivity index (χ3n) is 3.82. The first kappa shape index (κ1) is 16.1. The van der Waals surface area contributed by atoms with Gasteiger partial charge in [-0.1, -0.05) is 37.3 Å². The first-order chi connectivity index (χ1) is 11.7. The van der Waals surface area contributed by atoms with Gasteiger partial charge in [0.2, 0.25) is 0 Å². The summed E-state index contributed by atoms with van der Waals surface area (Å²) in [5.41, 5.74) is 2.88. The van der Waals surface area contributed by atoms with Crippen molar-refractivity contribution in [2.45, 2.75) is 33.3 Å². The van der Waals surface area contributed by atoms with Crippen LogP contribution in [0.2, 0.25) is 0 Å². The Morgan fingerprint density at radius 2 is 1.92 bits per heavy atom. The molecule has 1 aromatic heterocycles. The van der Waals surface area contributed by atoms with Crippen molar-refractivity contribution in [3.63, 3.8) is 0 Å². The van der Waals surface area contributed by atoms with Gasteiger partial charge in [-0.25, -0.2) is 0 Å². The van der Waals surface area contributed by atoms with E-state index in [1.807, 2.05) is 62.4 Å². The number of fused-ring (bicyclic) bond motifs is 1. The highest BCUT2D eigenvalue weighted by molar-refractivity contribution is 5.91. The van der Waals surface area contributed by atoms with E-state index >= 15 is 0 Å². The maximum Gasteiger partial charge on any atom is 0.311 e. The van der Waals surface area contributed by atoms with Gasteiger partial charge in [-0.05, 0) is 37.1 Å². The number of ether oxygens (including phenoxy) is 2. The summed E-state index contributed by atoms with van der Waals surface area (Å²) in [6.45, 7) is 4.36. The number of carbonyl (C=O) groups is 1. The molecule has 0 saturated heterocycles. The van der Waals surface area contributed by atoms with Crippen LogP contribution in [-0.4, -0.2) is 11.0 Å². The molecule has 0 aliphatic rings. The Kier molecular flexibility index (Phi) is 4.85. The molecule has 4 heteroatoms. The molecular weight excluding hydrogens is 302 g/mol. The molecule has 0 bridgehead atoms. The van der Waals surface area contributed by atoms with E-state index in [0.29, 0.717) is 18.8 Å². The van der Waals surface area contributed by atoms with Crippen molar-refractivity contribution >= 4 is 16.9 Å².